The summed E-state index contributed by atoms with van der Waals surface area (Å²) in [6.07, 6.45) is 1.27. The van der Waals surface area contributed by atoms with Crippen LogP contribution in [0.15, 0.2) is 36.5 Å². The number of halogens is 4. The second kappa shape index (κ2) is 11.5. The molecule has 0 saturated heterocycles. The number of nitriles is 1. The number of aliphatic hydroxyl groups is 1. The number of nitrogens with one attached hydrogen (secondary N) is 2. The first kappa shape index (κ1) is 26.8. The summed E-state index contributed by atoms with van der Waals surface area (Å²) in [6, 6.07) is 5.81. The smallest absolute Gasteiger partial charge is 0.334 e. The summed E-state index contributed by atoms with van der Waals surface area (Å²) in [4.78, 5) is 19.6. The summed E-state index contributed by atoms with van der Waals surface area (Å²) in [5.74, 6) is -4.13. The van der Waals surface area contributed by atoms with Crippen molar-refractivity contribution in [1.29, 1.82) is 5.26 Å². The Morgan fingerprint density at radius 1 is 1.03 bits per heavy atom. The lowest BCUT2D eigenvalue weighted by Crippen LogP contribution is -2.42. The molecule has 1 aliphatic rings. The second-order valence-electron chi connectivity index (χ2n) is 8.45. The van der Waals surface area contributed by atoms with Crippen LogP contribution in [-0.2, 0) is 0 Å². The Bertz CT molecular complexity index is 1390. The minimum atomic E-state index is -1.13. The number of rotatable bonds is 9. The molecule has 2 amide bonds. The van der Waals surface area contributed by atoms with Gasteiger partial charge in [0.05, 0.1) is 30.1 Å². The number of aromatic nitrogens is 1. The van der Waals surface area contributed by atoms with E-state index in [1.54, 1.807) is 13.0 Å². The Balaban J connectivity index is 1.90. The zero-order chi connectivity index (χ0) is 27.4. The number of anilines is 4. The first-order valence-corrected chi connectivity index (χ1v) is 11.9. The third-order valence-electron chi connectivity index (χ3n) is 5.83. The van der Waals surface area contributed by atoms with Crippen molar-refractivity contribution in [1.82, 2.24) is 10.3 Å². The average molecular weight is 529 g/mol. The van der Waals surface area contributed by atoms with Crippen LogP contribution in [0.3, 0.4) is 0 Å². The van der Waals surface area contributed by atoms with Gasteiger partial charge in [-0.15, -0.1) is 0 Å². The van der Waals surface area contributed by atoms with Crippen molar-refractivity contribution in [3.8, 4) is 17.2 Å². The minimum Gasteiger partial charge on any atom is -0.395 e. The summed E-state index contributed by atoms with van der Waals surface area (Å²) in [5, 5.41) is 24.0. The van der Waals surface area contributed by atoms with E-state index in [0.717, 1.165) is 41.4 Å². The fourth-order valence-corrected chi connectivity index (χ4v) is 4.27. The Morgan fingerprint density at radius 3 is 2.42 bits per heavy atom. The lowest BCUT2D eigenvalue weighted by atomic mass is 10.00. The predicted octanol–water partition coefficient (Wildman–Crippen LogP) is 4.66. The van der Waals surface area contributed by atoms with Crippen LogP contribution >= 0.6 is 0 Å². The van der Waals surface area contributed by atoms with Crippen LogP contribution in [0.4, 0.5) is 45.2 Å². The largest absolute Gasteiger partial charge is 0.395 e. The summed E-state index contributed by atoms with van der Waals surface area (Å²) in [7, 11) is 0. The van der Waals surface area contributed by atoms with Gasteiger partial charge in [-0.3, -0.25) is 9.80 Å². The number of nitrogens with zero attached hydrogens (tertiary/aromatic N) is 4. The normalized spacial score (nSPS) is 12.6. The molecule has 0 atom stereocenters. The van der Waals surface area contributed by atoms with Gasteiger partial charge in [0, 0.05) is 43.0 Å². The van der Waals surface area contributed by atoms with Crippen LogP contribution in [0.25, 0.3) is 11.1 Å². The van der Waals surface area contributed by atoms with Crippen LogP contribution in [0, 0.1) is 34.6 Å². The van der Waals surface area contributed by atoms with Crippen molar-refractivity contribution < 1.29 is 27.5 Å². The third kappa shape index (κ3) is 5.11. The molecule has 0 spiro atoms. The zero-order valence-electron chi connectivity index (χ0n) is 20.4. The van der Waals surface area contributed by atoms with Crippen LogP contribution < -0.4 is 20.4 Å². The van der Waals surface area contributed by atoms with E-state index in [1.165, 1.54) is 0 Å². The molecule has 3 aromatic rings. The number of hydrogen-bond acceptors (Lipinski definition) is 6. The SMILES string of the molecule is CCCN1C(=O)N(c2c(F)cc(NCCNCCO)cc2F)c2cc(C#N)cc(F)c2-c2cc(F)cnc21. The fourth-order valence-electron chi connectivity index (χ4n) is 4.27. The molecule has 0 saturated carbocycles. The number of carbonyl (C=O) groups is 1. The van der Waals surface area contributed by atoms with E-state index in [1.807, 2.05) is 0 Å². The maximum absolute atomic E-state index is 15.5. The molecule has 0 radical (unpaired) electrons. The highest BCUT2D eigenvalue weighted by atomic mass is 19.1. The third-order valence-corrected chi connectivity index (χ3v) is 5.83. The van der Waals surface area contributed by atoms with Gasteiger partial charge in [-0.2, -0.15) is 5.26 Å². The summed E-state index contributed by atoms with van der Waals surface area (Å²) >= 11 is 0. The fraction of sp³-hybridized carbons (Fsp3) is 0.269. The number of pyridine rings is 1. The zero-order valence-corrected chi connectivity index (χ0v) is 20.4. The minimum absolute atomic E-state index is 0.0331. The van der Waals surface area contributed by atoms with Gasteiger partial charge >= 0.3 is 6.03 Å². The summed E-state index contributed by atoms with van der Waals surface area (Å²) < 4.78 is 60.8. The second-order valence-corrected chi connectivity index (χ2v) is 8.45. The van der Waals surface area contributed by atoms with Crippen molar-refractivity contribution in [2.75, 3.05) is 47.9 Å². The van der Waals surface area contributed by atoms with Gasteiger partial charge in [0.15, 0.2) is 11.6 Å². The van der Waals surface area contributed by atoms with E-state index in [-0.39, 0.29) is 53.6 Å². The van der Waals surface area contributed by atoms with Gasteiger partial charge < -0.3 is 15.7 Å². The first-order valence-electron chi connectivity index (χ1n) is 11.9. The molecule has 1 aliphatic heterocycles. The van der Waals surface area contributed by atoms with E-state index in [0.29, 0.717) is 24.4 Å². The highest BCUT2D eigenvalue weighted by molar-refractivity contribution is 6.15. The molecular formula is C26H24F4N6O2. The first-order chi connectivity index (χ1) is 18.3. The highest BCUT2D eigenvalue weighted by Gasteiger charge is 2.38. The number of amides is 2. The molecule has 0 fully saturated rings. The Kier molecular flexibility index (Phi) is 8.09. The molecular weight excluding hydrogens is 504 g/mol. The summed E-state index contributed by atoms with van der Waals surface area (Å²) in [6.45, 7) is 2.79. The van der Waals surface area contributed by atoms with Gasteiger partial charge in [-0.05, 0) is 36.8 Å². The van der Waals surface area contributed by atoms with Crippen molar-refractivity contribution in [3.63, 3.8) is 0 Å². The molecule has 2 aromatic carbocycles. The van der Waals surface area contributed by atoms with Gasteiger partial charge in [0.25, 0.3) is 0 Å². The Hall–Kier alpha value is -4.21. The van der Waals surface area contributed by atoms with Crippen LogP contribution in [-0.4, -0.2) is 48.9 Å². The lowest BCUT2D eigenvalue weighted by Gasteiger charge is -2.29. The molecule has 3 N–H and O–H groups in total. The average Bonchev–Trinajstić information content (AvgIpc) is 2.97. The molecule has 0 aliphatic carbocycles. The van der Waals surface area contributed by atoms with Gasteiger partial charge in [-0.1, -0.05) is 6.92 Å². The summed E-state index contributed by atoms with van der Waals surface area (Å²) in [5.41, 5.74) is -1.65. The van der Waals surface area contributed by atoms with E-state index < -0.39 is 35.0 Å². The lowest BCUT2D eigenvalue weighted by molar-refractivity contribution is 0.253. The molecule has 38 heavy (non-hydrogen) atoms. The standard InChI is InChI=1S/C26H24F4N6O2/c1-2-6-35-25-18(10-16(27)14-34-25)23-19(28)8-15(13-31)9-22(23)36(26(35)38)24-20(29)11-17(12-21(24)30)33-4-3-32-5-7-37/h8-12,14,32-33,37H,2-7H2,1H3. The molecule has 0 bridgehead atoms. The highest BCUT2D eigenvalue weighted by Crippen LogP contribution is 2.46. The molecule has 8 nitrogen and oxygen atoms in total. The van der Waals surface area contributed by atoms with Crippen molar-refractivity contribution >= 4 is 28.9 Å². The number of hydrogen-bond donors (Lipinski definition) is 3. The number of carbonyl (C=O) groups excluding carboxylic acids is 1. The molecule has 1 aromatic heterocycles. The van der Waals surface area contributed by atoms with E-state index in [9.17, 15) is 14.4 Å². The van der Waals surface area contributed by atoms with Gasteiger partial charge in [-0.25, -0.2) is 27.3 Å². The van der Waals surface area contributed by atoms with Gasteiger partial charge in [0.1, 0.15) is 23.1 Å². The topological polar surface area (TPSA) is 105 Å². The van der Waals surface area contributed by atoms with Crippen molar-refractivity contribution in [2.45, 2.75) is 13.3 Å². The maximum atomic E-state index is 15.5. The molecule has 2 heterocycles. The van der Waals surface area contributed by atoms with E-state index >= 15 is 13.2 Å². The van der Waals surface area contributed by atoms with Gasteiger partial charge in [0.2, 0.25) is 0 Å². The quantitative estimate of drug-likeness (QED) is 0.276. The van der Waals surface area contributed by atoms with Crippen LogP contribution in [0.2, 0.25) is 0 Å². The Labute approximate surface area is 216 Å². The van der Waals surface area contributed by atoms with Crippen molar-refractivity contribution in [2.24, 2.45) is 0 Å². The number of benzene rings is 2. The molecule has 198 valence electrons. The molecule has 4 rings (SSSR count). The van der Waals surface area contributed by atoms with E-state index in [2.05, 4.69) is 15.6 Å². The molecule has 12 heteroatoms. The molecule has 0 unspecified atom stereocenters. The Morgan fingerprint density at radius 2 is 1.76 bits per heavy atom. The monoisotopic (exact) mass is 528 g/mol. The number of urea groups is 1. The van der Waals surface area contributed by atoms with Crippen LogP contribution in [0.5, 0.6) is 0 Å². The predicted molar refractivity (Wildman–Crippen MR) is 134 cm³/mol. The number of aliphatic hydroxyl groups excluding tert-OH is 1. The number of fused-ring (bicyclic) bond motifs is 3. The van der Waals surface area contributed by atoms with Crippen LogP contribution in [0.1, 0.15) is 18.9 Å². The van der Waals surface area contributed by atoms with E-state index in [4.69, 9.17) is 5.11 Å². The van der Waals surface area contributed by atoms with Crippen molar-refractivity contribution in [3.05, 3.63) is 65.4 Å². The maximum Gasteiger partial charge on any atom is 0.334 e.